The summed E-state index contributed by atoms with van der Waals surface area (Å²) < 4.78 is 10.0. The zero-order valence-electron chi connectivity index (χ0n) is 7.79. The zero-order chi connectivity index (χ0) is 9.61. The molecule has 1 N–H and O–H groups in total. The number of aliphatic carboxylic acids is 1. The van der Waals surface area contributed by atoms with E-state index in [1.165, 1.54) is 6.92 Å². The highest BCUT2D eigenvalue weighted by Crippen LogP contribution is 2.12. The third-order valence-corrected chi connectivity index (χ3v) is 1.39. The van der Waals surface area contributed by atoms with Crippen LogP contribution >= 0.6 is 0 Å². The summed E-state index contributed by atoms with van der Waals surface area (Å²) in [4.78, 5) is 10.7. The molecule has 0 aliphatic rings. The maximum absolute atomic E-state index is 10.7. The summed E-state index contributed by atoms with van der Waals surface area (Å²) in [5, 5.41) is 8.74. The molecule has 0 heterocycles. The summed E-state index contributed by atoms with van der Waals surface area (Å²) >= 11 is 0. The van der Waals surface area contributed by atoms with Crippen molar-refractivity contribution in [1.82, 2.24) is 0 Å². The average molecular weight is 176 g/mol. The molecule has 0 saturated carbocycles. The van der Waals surface area contributed by atoms with Gasteiger partial charge >= 0.3 is 5.97 Å². The third kappa shape index (κ3) is 3.19. The second-order valence-corrected chi connectivity index (χ2v) is 2.53. The van der Waals surface area contributed by atoms with E-state index in [4.69, 9.17) is 14.6 Å². The van der Waals surface area contributed by atoms with Crippen LogP contribution in [0, 0.1) is 0 Å². The first-order valence-corrected chi connectivity index (χ1v) is 4.08. The number of carbonyl (C=O) groups is 1. The molecule has 0 aromatic rings. The van der Waals surface area contributed by atoms with E-state index in [0.29, 0.717) is 13.2 Å². The molecule has 4 nitrogen and oxygen atoms in total. The topological polar surface area (TPSA) is 55.8 Å². The van der Waals surface area contributed by atoms with Crippen molar-refractivity contribution in [3.05, 3.63) is 0 Å². The van der Waals surface area contributed by atoms with Gasteiger partial charge in [0.1, 0.15) is 0 Å². The number of rotatable bonds is 6. The van der Waals surface area contributed by atoms with Gasteiger partial charge in [-0.05, 0) is 13.3 Å². The Hall–Kier alpha value is -0.610. The fourth-order valence-electron chi connectivity index (χ4n) is 0.737. The second kappa shape index (κ2) is 5.11. The number of hydrogen-bond donors (Lipinski definition) is 1. The van der Waals surface area contributed by atoms with Crippen LogP contribution in [0.2, 0.25) is 0 Å². The van der Waals surface area contributed by atoms with Crippen LogP contribution in [0.4, 0.5) is 0 Å². The van der Waals surface area contributed by atoms with Gasteiger partial charge in [0, 0.05) is 13.5 Å². The molecular weight excluding hydrogens is 160 g/mol. The Morgan fingerprint density at radius 3 is 2.33 bits per heavy atom. The van der Waals surface area contributed by atoms with E-state index in [1.807, 2.05) is 6.92 Å². The van der Waals surface area contributed by atoms with E-state index >= 15 is 0 Å². The highest BCUT2D eigenvalue weighted by molar-refractivity contribution is 5.75. The Bertz CT molecular complexity index is 146. The van der Waals surface area contributed by atoms with E-state index < -0.39 is 11.8 Å². The maximum Gasteiger partial charge on any atom is 0.364 e. The van der Waals surface area contributed by atoms with Crippen LogP contribution in [0.5, 0.6) is 0 Å². The van der Waals surface area contributed by atoms with Gasteiger partial charge in [0.15, 0.2) is 0 Å². The van der Waals surface area contributed by atoms with Crippen LogP contribution in [0.3, 0.4) is 0 Å². The van der Waals surface area contributed by atoms with Crippen molar-refractivity contribution in [2.75, 3.05) is 13.2 Å². The summed E-state index contributed by atoms with van der Waals surface area (Å²) in [7, 11) is 0. The van der Waals surface area contributed by atoms with Crippen molar-refractivity contribution in [2.45, 2.75) is 33.0 Å². The molecule has 0 aromatic carbocycles. The predicted octanol–water partition coefficient (Wildman–Crippen LogP) is 1.25. The molecule has 0 rings (SSSR count). The van der Waals surface area contributed by atoms with Crippen molar-refractivity contribution in [3.63, 3.8) is 0 Å². The van der Waals surface area contributed by atoms with E-state index in [1.54, 1.807) is 6.92 Å². The molecular formula is C8H16O4. The van der Waals surface area contributed by atoms with Crippen molar-refractivity contribution in [2.24, 2.45) is 0 Å². The fourth-order valence-corrected chi connectivity index (χ4v) is 0.737. The minimum atomic E-state index is -1.48. The van der Waals surface area contributed by atoms with Gasteiger partial charge in [0.25, 0.3) is 5.79 Å². The molecule has 0 saturated heterocycles. The van der Waals surface area contributed by atoms with Gasteiger partial charge in [-0.25, -0.2) is 4.79 Å². The Morgan fingerprint density at radius 1 is 1.42 bits per heavy atom. The Balaban J connectivity index is 4.08. The quantitative estimate of drug-likeness (QED) is 0.619. The maximum atomic E-state index is 10.7. The van der Waals surface area contributed by atoms with Gasteiger partial charge < -0.3 is 14.6 Å². The lowest BCUT2D eigenvalue weighted by molar-refractivity contribution is -0.234. The summed E-state index contributed by atoms with van der Waals surface area (Å²) in [6, 6.07) is 0. The molecule has 0 aromatic heterocycles. The smallest absolute Gasteiger partial charge is 0.364 e. The number of carboxylic acids is 1. The highest BCUT2D eigenvalue weighted by Gasteiger charge is 2.34. The van der Waals surface area contributed by atoms with Gasteiger partial charge in [-0.3, -0.25) is 0 Å². The molecule has 0 aliphatic heterocycles. The molecule has 0 radical (unpaired) electrons. The summed E-state index contributed by atoms with van der Waals surface area (Å²) in [5.41, 5.74) is 0. The first-order chi connectivity index (χ1) is 5.56. The first kappa shape index (κ1) is 11.4. The molecule has 0 aliphatic carbocycles. The monoisotopic (exact) mass is 176 g/mol. The zero-order valence-corrected chi connectivity index (χ0v) is 7.79. The van der Waals surface area contributed by atoms with Gasteiger partial charge in [-0.15, -0.1) is 0 Å². The Kier molecular flexibility index (Phi) is 4.85. The molecule has 0 amide bonds. The average Bonchev–Trinajstić information content (AvgIpc) is 2.01. The molecule has 0 fully saturated rings. The van der Waals surface area contributed by atoms with Gasteiger partial charge in [0.05, 0.1) is 6.61 Å². The lowest BCUT2D eigenvalue weighted by Crippen LogP contribution is -2.41. The van der Waals surface area contributed by atoms with Crippen molar-refractivity contribution in [1.29, 1.82) is 0 Å². The van der Waals surface area contributed by atoms with Crippen LogP contribution in [-0.4, -0.2) is 30.1 Å². The van der Waals surface area contributed by atoms with Crippen LogP contribution in [0.25, 0.3) is 0 Å². The highest BCUT2D eigenvalue weighted by atomic mass is 16.7. The van der Waals surface area contributed by atoms with Gasteiger partial charge in [-0.2, -0.15) is 0 Å². The number of carboxylic acid groups (broad SMARTS) is 1. The predicted molar refractivity (Wildman–Crippen MR) is 43.9 cm³/mol. The first-order valence-electron chi connectivity index (χ1n) is 4.08. The van der Waals surface area contributed by atoms with E-state index in [-0.39, 0.29) is 0 Å². The van der Waals surface area contributed by atoms with Crippen LogP contribution in [0.1, 0.15) is 27.2 Å². The largest absolute Gasteiger partial charge is 0.477 e. The standard InChI is InChI=1S/C8H16O4/c1-4-6-12-8(3,7(9)10)11-5-2/h4-6H2,1-3H3,(H,9,10). The van der Waals surface area contributed by atoms with Crippen molar-refractivity contribution >= 4 is 5.97 Å². The Labute approximate surface area is 72.5 Å². The van der Waals surface area contributed by atoms with Gasteiger partial charge in [0.2, 0.25) is 0 Å². The molecule has 4 heteroatoms. The minimum absolute atomic E-state index is 0.326. The Morgan fingerprint density at radius 2 is 2.00 bits per heavy atom. The third-order valence-electron chi connectivity index (χ3n) is 1.39. The number of hydrogen-bond acceptors (Lipinski definition) is 3. The van der Waals surface area contributed by atoms with Crippen molar-refractivity contribution in [3.8, 4) is 0 Å². The fraction of sp³-hybridized carbons (Fsp3) is 0.875. The normalized spacial score (nSPS) is 15.6. The second-order valence-electron chi connectivity index (χ2n) is 2.53. The van der Waals surface area contributed by atoms with Crippen LogP contribution in [-0.2, 0) is 14.3 Å². The molecule has 1 atom stereocenters. The molecule has 0 bridgehead atoms. The lowest BCUT2D eigenvalue weighted by Gasteiger charge is -2.24. The lowest BCUT2D eigenvalue weighted by atomic mass is 10.3. The minimum Gasteiger partial charge on any atom is -0.477 e. The van der Waals surface area contributed by atoms with Crippen LogP contribution < -0.4 is 0 Å². The number of ether oxygens (including phenoxy) is 2. The summed E-state index contributed by atoms with van der Waals surface area (Å²) in [6.45, 7) is 5.77. The molecule has 72 valence electrons. The molecule has 1 unspecified atom stereocenters. The van der Waals surface area contributed by atoms with E-state index in [9.17, 15) is 4.79 Å². The summed E-state index contributed by atoms with van der Waals surface area (Å²) in [5.74, 6) is -2.57. The SMILES string of the molecule is CCCOC(C)(OCC)C(=O)O. The molecule has 0 spiro atoms. The van der Waals surface area contributed by atoms with E-state index in [2.05, 4.69) is 0 Å². The molecule has 12 heavy (non-hydrogen) atoms. The van der Waals surface area contributed by atoms with Crippen LogP contribution in [0.15, 0.2) is 0 Å². The van der Waals surface area contributed by atoms with E-state index in [0.717, 1.165) is 6.42 Å². The van der Waals surface area contributed by atoms with Crippen molar-refractivity contribution < 1.29 is 19.4 Å². The van der Waals surface area contributed by atoms with Gasteiger partial charge in [-0.1, -0.05) is 6.92 Å². The summed E-state index contributed by atoms with van der Waals surface area (Å²) in [6.07, 6.45) is 0.774.